The van der Waals surface area contributed by atoms with Crippen molar-refractivity contribution in [1.29, 1.82) is 0 Å². The molecule has 4 aromatic rings. The third-order valence-corrected chi connectivity index (χ3v) is 10.6. The summed E-state index contributed by atoms with van der Waals surface area (Å²) in [7, 11) is -3.60. The molecule has 0 amide bonds. The lowest BCUT2D eigenvalue weighted by Gasteiger charge is -2.39. The summed E-state index contributed by atoms with van der Waals surface area (Å²) in [5, 5.41) is 9.55. The predicted molar refractivity (Wildman–Crippen MR) is 185 cm³/mol. The summed E-state index contributed by atoms with van der Waals surface area (Å²) in [6, 6.07) is 33.1. The first-order valence-electron chi connectivity index (χ1n) is 16.5. The van der Waals surface area contributed by atoms with E-state index in [1.807, 2.05) is 54.6 Å². The number of aliphatic hydroxyl groups is 1. The molecule has 0 spiro atoms. The van der Waals surface area contributed by atoms with E-state index < -0.39 is 16.3 Å². The minimum atomic E-state index is -3.60. The Balaban J connectivity index is 1.18. The van der Waals surface area contributed by atoms with E-state index in [0.717, 1.165) is 52.9 Å². The quantitative estimate of drug-likeness (QED) is 0.147. The molecule has 1 aliphatic heterocycles. The van der Waals surface area contributed by atoms with Crippen LogP contribution in [0.15, 0.2) is 121 Å². The third kappa shape index (κ3) is 8.46. The van der Waals surface area contributed by atoms with Gasteiger partial charge in [-0.3, -0.25) is 4.90 Å². The van der Waals surface area contributed by atoms with Crippen LogP contribution in [0.4, 0.5) is 0 Å². The Hall–Kier alpha value is -3.63. The SMILES string of the molecule is C=CCN(CC1CC(c2ccc(CO)cc2)OC(c2ccc(-c3cccc(CNS(=O)(=O)c4ccccc4)c3)cc2)O1)C1CCCC1. The van der Waals surface area contributed by atoms with Crippen LogP contribution in [0.5, 0.6) is 0 Å². The lowest BCUT2D eigenvalue weighted by molar-refractivity contribution is -0.253. The number of sulfonamides is 1. The van der Waals surface area contributed by atoms with Crippen LogP contribution in [0.3, 0.4) is 0 Å². The van der Waals surface area contributed by atoms with Crippen LogP contribution in [-0.4, -0.2) is 43.7 Å². The molecular weight excluding hydrogens is 609 g/mol. The van der Waals surface area contributed by atoms with Crippen molar-refractivity contribution in [2.45, 2.75) is 74.7 Å². The van der Waals surface area contributed by atoms with Gasteiger partial charge in [0.1, 0.15) is 0 Å². The number of hydrogen-bond acceptors (Lipinski definition) is 6. The van der Waals surface area contributed by atoms with Crippen LogP contribution in [0, 0.1) is 0 Å². The van der Waals surface area contributed by atoms with Gasteiger partial charge < -0.3 is 14.6 Å². The minimum absolute atomic E-state index is 0.0105. The smallest absolute Gasteiger partial charge is 0.240 e. The summed E-state index contributed by atoms with van der Waals surface area (Å²) in [6.07, 6.45) is 7.02. The largest absolute Gasteiger partial charge is 0.392 e. The van der Waals surface area contributed by atoms with Crippen molar-refractivity contribution in [3.8, 4) is 11.1 Å². The summed E-state index contributed by atoms with van der Waals surface area (Å²) in [4.78, 5) is 2.77. The van der Waals surface area contributed by atoms with Crippen molar-refractivity contribution in [3.63, 3.8) is 0 Å². The number of ether oxygens (including phenoxy) is 2. The van der Waals surface area contributed by atoms with Crippen LogP contribution < -0.4 is 4.72 Å². The molecule has 2 fully saturated rings. The molecule has 1 saturated heterocycles. The normalized spacial score (nSPS) is 20.4. The number of hydrogen-bond donors (Lipinski definition) is 2. The van der Waals surface area contributed by atoms with Crippen molar-refractivity contribution >= 4 is 10.0 Å². The number of rotatable bonds is 13. The van der Waals surface area contributed by atoms with E-state index in [0.29, 0.717) is 6.04 Å². The first-order valence-corrected chi connectivity index (χ1v) is 18.0. The minimum Gasteiger partial charge on any atom is -0.392 e. The highest BCUT2D eigenvalue weighted by Gasteiger charge is 2.34. The topological polar surface area (TPSA) is 88.1 Å². The molecule has 4 aromatic carbocycles. The van der Waals surface area contributed by atoms with Crippen LogP contribution >= 0.6 is 0 Å². The van der Waals surface area contributed by atoms with Crippen molar-refractivity contribution in [2.24, 2.45) is 0 Å². The predicted octanol–water partition coefficient (Wildman–Crippen LogP) is 7.30. The van der Waals surface area contributed by atoms with E-state index in [1.54, 1.807) is 30.3 Å². The van der Waals surface area contributed by atoms with E-state index in [1.165, 1.54) is 25.7 Å². The molecule has 3 unspecified atom stereocenters. The van der Waals surface area contributed by atoms with Gasteiger partial charge in [0.25, 0.3) is 0 Å². The van der Waals surface area contributed by atoms with E-state index >= 15 is 0 Å². The van der Waals surface area contributed by atoms with E-state index in [4.69, 9.17) is 9.47 Å². The average Bonchev–Trinajstić information content (AvgIpc) is 3.67. The first-order chi connectivity index (χ1) is 22.9. The summed E-state index contributed by atoms with van der Waals surface area (Å²) in [5.74, 6) is 0. The average molecular weight is 653 g/mol. The summed E-state index contributed by atoms with van der Waals surface area (Å²) in [5.41, 5.74) is 5.78. The van der Waals surface area contributed by atoms with Crippen LogP contribution in [0.25, 0.3) is 11.1 Å². The molecule has 6 rings (SSSR count). The Bertz CT molecular complexity index is 1700. The molecule has 246 valence electrons. The standard InChI is InChI=1S/C39H44N2O5S/c1-2-23-41(35-11-6-7-12-35)27-36-25-38(32-17-15-29(28-42)16-18-32)46-39(45-36)33-21-19-31(20-22-33)34-10-8-9-30(24-34)26-40-47(43,44)37-13-4-3-5-14-37/h2-5,8-10,13-22,24,35-36,38-40,42H,1,6-7,11-12,23,25-28H2. The fraction of sp³-hybridized carbons (Fsp3) is 0.333. The Morgan fingerprint density at radius 3 is 2.26 bits per heavy atom. The zero-order chi connectivity index (χ0) is 32.6. The van der Waals surface area contributed by atoms with E-state index in [-0.39, 0.29) is 30.3 Å². The van der Waals surface area contributed by atoms with Crippen molar-refractivity contribution < 1.29 is 23.0 Å². The molecule has 1 saturated carbocycles. The fourth-order valence-electron chi connectivity index (χ4n) is 6.66. The molecule has 8 heteroatoms. The van der Waals surface area contributed by atoms with Crippen molar-refractivity contribution in [3.05, 3.63) is 138 Å². The molecule has 2 N–H and O–H groups in total. The lowest BCUT2D eigenvalue weighted by atomic mass is 9.98. The Labute approximate surface area is 278 Å². The van der Waals surface area contributed by atoms with Gasteiger partial charge in [-0.05, 0) is 58.9 Å². The summed E-state index contributed by atoms with van der Waals surface area (Å²) >= 11 is 0. The van der Waals surface area contributed by atoms with Gasteiger partial charge in [0, 0.05) is 37.7 Å². The van der Waals surface area contributed by atoms with Gasteiger partial charge in [0.05, 0.1) is 23.7 Å². The molecule has 0 aromatic heterocycles. The van der Waals surface area contributed by atoms with Crippen LogP contribution in [-0.2, 0) is 32.6 Å². The molecule has 2 aliphatic rings. The summed E-state index contributed by atoms with van der Waals surface area (Å²) in [6.45, 7) is 5.89. The molecule has 7 nitrogen and oxygen atoms in total. The van der Waals surface area contributed by atoms with E-state index in [9.17, 15) is 13.5 Å². The fourth-order valence-corrected chi connectivity index (χ4v) is 7.70. The van der Waals surface area contributed by atoms with Crippen molar-refractivity contribution in [2.75, 3.05) is 13.1 Å². The molecule has 1 aliphatic carbocycles. The van der Waals surface area contributed by atoms with Gasteiger partial charge in [-0.1, -0.05) is 104 Å². The zero-order valence-corrected chi connectivity index (χ0v) is 27.5. The number of nitrogens with zero attached hydrogens (tertiary/aromatic N) is 1. The molecule has 3 atom stereocenters. The van der Waals surface area contributed by atoms with Crippen LogP contribution in [0.2, 0.25) is 0 Å². The second-order valence-electron chi connectivity index (χ2n) is 12.5. The number of benzene rings is 4. The van der Waals surface area contributed by atoms with Gasteiger partial charge in [0.2, 0.25) is 10.0 Å². The second kappa shape index (κ2) is 15.5. The first kappa shape index (κ1) is 33.3. The highest BCUT2D eigenvalue weighted by Crippen LogP contribution is 2.39. The molecule has 0 radical (unpaired) electrons. The third-order valence-electron chi connectivity index (χ3n) is 9.22. The molecule has 1 heterocycles. The molecule has 0 bridgehead atoms. The van der Waals surface area contributed by atoms with Gasteiger partial charge in [0.15, 0.2) is 6.29 Å². The van der Waals surface area contributed by atoms with Crippen LogP contribution in [0.1, 0.15) is 66.8 Å². The highest BCUT2D eigenvalue weighted by atomic mass is 32.2. The highest BCUT2D eigenvalue weighted by molar-refractivity contribution is 7.89. The summed E-state index contributed by atoms with van der Waals surface area (Å²) < 4.78 is 41.4. The van der Waals surface area contributed by atoms with Gasteiger partial charge in [-0.2, -0.15) is 0 Å². The van der Waals surface area contributed by atoms with Gasteiger partial charge in [-0.15, -0.1) is 6.58 Å². The number of nitrogens with one attached hydrogen (secondary N) is 1. The van der Waals surface area contributed by atoms with E-state index in [2.05, 4.69) is 40.5 Å². The lowest BCUT2D eigenvalue weighted by Crippen LogP contribution is -2.43. The monoisotopic (exact) mass is 652 g/mol. The maximum absolute atomic E-state index is 12.7. The molecule has 47 heavy (non-hydrogen) atoms. The van der Waals surface area contributed by atoms with Crippen molar-refractivity contribution in [1.82, 2.24) is 9.62 Å². The Kier molecular flexibility index (Phi) is 11.0. The Morgan fingerprint density at radius 1 is 0.830 bits per heavy atom. The second-order valence-corrected chi connectivity index (χ2v) is 14.3. The maximum atomic E-state index is 12.7. The maximum Gasteiger partial charge on any atom is 0.240 e. The Morgan fingerprint density at radius 2 is 1.55 bits per heavy atom. The van der Waals surface area contributed by atoms with Gasteiger partial charge in [-0.25, -0.2) is 13.1 Å². The zero-order valence-electron chi connectivity index (χ0n) is 26.7. The van der Waals surface area contributed by atoms with Gasteiger partial charge >= 0.3 is 0 Å². The molecular formula is C39H44N2O5S. The number of aliphatic hydroxyl groups excluding tert-OH is 1.